The lowest BCUT2D eigenvalue weighted by Crippen LogP contribution is -2.38. The number of hydrogen-bond donors (Lipinski definition) is 1. The Kier molecular flexibility index (Phi) is 4.86. The topological polar surface area (TPSA) is 66.8 Å². The maximum Gasteiger partial charge on any atom is 0.343 e. The van der Waals surface area contributed by atoms with Gasteiger partial charge in [0.25, 0.3) is 0 Å². The van der Waals surface area contributed by atoms with Crippen LogP contribution in [0.1, 0.15) is 26.2 Å². The first-order chi connectivity index (χ1) is 7.99. The first-order valence-corrected chi connectivity index (χ1v) is 5.77. The lowest BCUT2D eigenvalue weighted by Gasteiger charge is -2.17. The van der Waals surface area contributed by atoms with Crippen LogP contribution in [0.4, 0.5) is 4.39 Å². The second-order valence-electron chi connectivity index (χ2n) is 4.14. The van der Waals surface area contributed by atoms with Crippen molar-refractivity contribution in [3.63, 3.8) is 0 Å². The van der Waals surface area contributed by atoms with Gasteiger partial charge in [-0.25, -0.2) is 9.18 Å². The number of likely N-dealkylation sites (tertiary alicyclic amines) is 1. The van der Waals surface area contributed by atoms with Gasteiger partial charge in [-0.3, -0.25) is 4.79 Å². The summed E-state index contributed by atoms with van der Waals surface area (Å²) in [5.74, 6) is -1.69. The minimum atomic E-state index is -2.27. The van der Waals surface area contributed by atoms with Gasteiger partial charge in [-0.15, -0.1) is 0 Å². The van der Waals surface area contributed by atoms with Crippen LogP contribution in [-0.2, 0) is 14.3 Å². The molecule has 1 unspecified atom stereocenters. The molecule has 0 spiro atoms. The fourth-order valence-corrected chi connectivity index (χ4v) is 1.79. The highest BCUT2D eigenvalue weighted by atomic mass is 19.1. The van der Waals surface area contributed by atoms with Gasteiger partial charge >= 0.3 is 5.97 Å². The highest BCUT2D eigenvalue weighted by Crippen LogP contribution is 2.26. The Morgan fingerprint density at radius 2 is 2.24 bits per heavy atom. The quantitative estimate of drug-likeness (QED) is 0.706. The number of carboxylic acid groups (broad SMARTS) is 1. The van der Waals surface area contributed by atoms with Crippen LogP contribution in [0, 0.1) is 0 Å². The van der Waals surface area contributed by atoms with Crippen LogP contribution in [0.3, 0.4) is 0 Å². The summed E-state index contributed by atoms with van der Waals surface area (Å²) in [6.07, 6.45) is 0.727. The zero-order valence-electron chi connectivity index (χ0n) is 9.95. The molecule has 1 aliphatic rings. The number of carbonyl (C=O) groups excluding carboxylic acids is 1. The number of rotatable bonds is 6. The van der Waals surface area contributed by atoms with E-state index in [4.69, 9.17) is 9.84 Å². The molecule has 98 valence electrons. The maximum absolute atomic E-state index is 13.7. The van der Waals surface area contributed by atoms with E-state index in [1.807, 2.05) is 6.92 Å². The van der Waals surface area contributed by atoms with Gasteiger partial charge in [-0.2, -0.15) is 0 Å². The minimum absolute atomic E-state index is 0.125. The zero-order valence-corrected chi connectivity index (χ0v) is 9.95. The number of hydrogen-bond acceptors (Lipinski definition) is 3. The molecule has 1 saturated heterocycles. The Hall–Kier alpha value is -1.17. The standard InChI is InChI=1S/C11H18FNO4/c1-2-17-7-3-4-9(14)13-6-5-11(12,8-13)10(15)16/h2-8H2,1H3,(H,15,16). The van der Waals surface area contributed by atoms with E-state index in [1.54, 1.807) is 0 Å². The van der Waals surface area contributed by atoms with Gasteiger partial charge < -0.3 is 14.7 Å². The first kappa shape index (κ1) is 13.9. The monoisotopic (exact) mass is 247 g/mol. The van der Waals surface area contributed by atoms with Crippen LogP contribution in [0.25, 0.3) is 0 Å². The van der Waals surface area contributed by atoms with Crippen molar-refractivity contribution >= 4 is 11.9 Å². The Labute approximate surface area is 99.5 Å². The molecule has 1 amide bonds. The maximum atomic E-state index is 13.7. The van der Waals surface area contributed by atoms with Crippen LogP contribution < -0.4 is 0 Å². The number of aliphatic carboxylic acids is 1. The van der Waals surface area contributed by atoms with Crippen molar-refractivity contribution in [3.05, 3.63) is 0 Å². The fourth-order valence-electron chi connectivity index (χ4n) is 1.79. The number of halogens is 1. The van der Waals surface area contributed by atoms with Crippen LogP contribution in [-0.4, -0.2) is 53.9 Å². The van der Waals surface area contributed by atoms with Crippen LogP contribution in [0.15, 0.2) is 0 Å². The summed E-state index contributed by atoms with van der Waals surface area (Å²) in [6.45, 7) is 2.80. The third kappa shape index (κ3) is 3.66. The molecule has 0 saturated carbocycles. The van der Waals surface area contributed by atoms with Crippen molar-refractivity contribution in [1.29, 1.82) is 0 Å². The summed E-state index contributed by atoms with van der Waals surface area (Å²) in [7, 11) is 0. The third-order valence-corrected chi connectivity index (χ3v) is 2.84. The Balaban J connectivity index is 2.33. The molecular formula is C11H18FNO4. The average molecular weight is 247 g/mol. The summed E-state index contributed by atoms with van der Waals surface area (Å²) >= 11 is 0. The average Bonchev–Trinajstić information content (AvgIpc) is 2.69. The molecule has 1 atom stereocenters. The number of ether oxygens (including phenoxy) is 1. The van der Waals surface area contributed by atoms with Gasteiger partial charge in [0, 0.05) is 32.6 Å². The molecule has 1 aliphatic heterocycles. The molecule has 0 aromatic carbocycles. The van der Waals surface area contributed by atoms with Gasteiger partial charge in [0.2, 0.25) is 11.6 Å². The van der Waals surface area contributed by atoms with Gasteiger partial charge in [0.05, 0.1) is 6.54 Å². The molecule has 0 radical (unpaired) electrons. The second kappa shape index (κ2) is 5.95. The van der Waals surface area contributed by atoms with Crippen molar-refractivity contribution in [2.45, 2.75) is 31.9 Å². The zero-order chi connectivity index (χ0) is 12.9. The second-order valence-corrected chi connectivity index (χ2v) is 4.14. The summed E-state index contributed by atoms with van der Waals surface area (Å²) in [5, 5.41) is 8.69. The summed E-state index contributed by atoms with van der Waals surface area (Å²) < 4.78 is 18.8. The van der Waals surface area contributed by atoms with E-state index < -0.39 is 11.6 Å². The molecule has 17 heavy (non-hydrogen) atoms. The molecule has 0 bridgehead atoms. The summed E-state index contributed by atoms with van der Waals surface area (Å²) in [6, 6.07) is 0. The highest BCUT2D eigenvalue weighted by Gasteiger charge is 2.46. The molecule has 1 N–H and O–H groups in total. The predicted octanol–water partition coefficient (Wildman–Crippen LogP) is 0.828. The predicted molar refractivity (Wildman–Crippen MR) is 58.4 cm³/mol. The van der Waals surface area contributed by atoms with Gasteiger partial charge in [0.1, 0.15) is 0 Å². The van der Waals surface area contributed by atoms with Crippen molar-refractivity contribution in [1.82, 2.24) is 4.90 Å². The molecule has 6 heteroatoms. The third-order valence-electron chi connectivity index (χ3n) is 2.84. The minimum Gasteiger partial charge on any atom is -0.479 e. The number of amides is 1. The lowest BCUT2D eigenvalue weighted by molar-refractivity contribution is -0.150. The van der Waals surface area contributed by atoms with E-state index in [1.165, 1.54) is 4.90 Å². The Bertz CT molecular complexity index is 297. The number of nitrogens with zero attached hydrogens (tertiary/aromatic N) is 1. The molecule has 1 fully saturated rings. The summed E-state index contributed by atoms with van der Waals surface area (Å²) in [5.41, 5.74) is -2.27. The fraction of sp³-hybridized carbons (Fsp3) is 0.818. The van der Waals surface area contributed by atoms with Crippen LogP contribution in [0.5, 0.6) is 0 Å². The Morgan fingerprint density at radius 1 is 1.53 bits per heavy atom. The van der Waals surface area contributed by atoms with E-state index >= 15 is 0 Å². The molecule has 1 rings (SSSR count). The number of alkyl halides is 1. The highest BCUT2D eigenvalue weighted by molar-refractivity contribution is 5.82. The molecule has 0 aliphatic carbocycles. The van der Waals surface area contributed by atoms with Crippen molar-refractivity contribution in [2.24, 2.45) is 0 Å². The summed E-state index contributed by atoms with van der Waals surface area (Å²) in [4.78, 5) is 23.6. The van der Waals surface area contributed by atoms with Gasteiger partial charge in [-0.05, 0) is 13.3 Å². The van der Waals surface area contributed by atoms with E-state index in [-0.39, 0.29) is 31.8 Å². The van der Waals surface area contributed by atoms with Crippen LogP contribution >= 0.6 is 0 Å². The van der Waals surface area contributed by atoms with Crippen molar-refractivity contribution < 1.29 is 23.8 Å². The molecule has 0 aromatic rings. The molecule has 5 nitrogen and oxygen atoms in total. The van der Waals surface area contributed by atoms with Crippen molar-refractivity contribution in [2.75, 3.05) is 26.3 Å². The number of carbonyl (C=O) groups is 2. The van der Waals surface area contributed by atoms with Crippen molar-refractivity contribution in [3.8, 4) is 0 Å². The number of carboxylic acids is 1. The van der Waals surface area contributed by atoms with E-state index in [2.05, 4.69) is 0 Å². The van der Waals surface area contributed by atoms with E-state index in [0.29, 0.717) is 19.6 Å². The molecule has 1 heterocycles. The SMILES string of the molecule is CCOCCCC(=O)N1CCC(F)(C(=O)O)C1. The molecular weight excluding hydrogens is 229 g/mol. The normalized spacial score (nSPS) is 24.0. The van der Waals surface area contributed by atoms with Gasteiger partial charge in [0.15, 0.2) is 0 Å². The first-order valence-electron chi connectivity index (χ1n) is 5.77. The lowest BCUT2D eigenvalue weighted by atomic mass is 10.1. The van der Waals surface area contributed by atoms with Gasteiger partial charge in [-0.1, -0.05) is 0 Å². The largest absolute Gasteiger partial charge is 0.479 e. The smallest absolute Gasteiger partial charge is 0.343 e. The Morgan fingerprint density at radius 3 is 2.76 bits per heavy atom. The van der Waals surface area contributed by atoms with Crippen LogP contribution in [0.2, 0.25) is 0 Å². The molecule has 0 aromatic heterocycles. The van der Waals surface area contributed by atoms with E-state index in [0.717, 1.165) is 0 Å². The van der Waals surface area contributed by atoms with E-state index in [9.17, 15) is 14.0 Å².